The monoisotopic (exact) mass is 280 g/mol. The van der Waals surface area contributed by atoms with E-state index in [1.807, 2.05) is 0 Å². The van der Waals surface area contributed by atoms with Crippen LogP contribution in [-0.4, -0.2) is 13.1 Å². The van der Waals surface area contributed by atoms with Crippen LogP contribution in [0.3, 0.4) is 0 Å². The normalized spacial score (nSPS) is 11.4. The van der Waals surface area contributed by atoms with Crippen LogP contribution in [0.25, 0.3) is 16.3 Å². The lowest BCUT2D eigenvalue weighted by Gasteiger charge is -2.09. The first-order chi connectivity index (χ1) is 9.32. The molecule has 0 saturated heterocycles. The molecule has 0 N–H and O–H groups in total. The number of fused-ring (bicyclic) bond motifs is 1. The molecular formula is C15H11F3O2. The third kappa shape index (κ3) is 2.66. The van der Waals surface area contributed by atoms with Gasteiger partial charge in [0.15, 0.2) is 0 Å². The van der Waals surface area contributed by atoms with Crippen molar-refractivity contribution < 1.29 is 22.7 Å². The van der Waals surface area contributed by atoms with Crippen molar-refractivity contribution in [1.29, 1.82) is 0 Å². The van der Waals surface area contributed by atoms with E-state index in [1.54, 1.807) is 12.1 Å². The zero-order valence-electron chi connectivity index (χ0n) is 10.6. The minimum Gasteiger partial charge on any atom is -0.465 e. The van der Waals surface area contributed by atoms with E-state index in [4.69, 9.17) is 0 Å². The van der Waals surface area contributed by atoms with Gasteiger partial charge in [0, 0.05) is 0 Å². The molecule has 0 fully saturated rings. The maximum Gasteiger partial charge on any atom is 0.416 e. The Labute approximate surface area is 113 Å². The molecular weight excluding hydrogens is 269 g/mol. The molecule has 0 bridgehead atoms. The van der Waals surface area contributed by atoms with Crippen LogP contribution < -0.4 is 0 Å². The second-order valence-electron chi connectivity index (χ2n) is 4.24. The van der Waals surface area contributed by atoms with Gasteiger partial charge in [0.05, 0.1) is 18.2 Å². The van der Waals surface area contributed by atoms with Gasteiger partial charge in [0.25, 0.3) is 0 Å². The summed E-state index contributed by atoms with van der Waals surface area (Å²) in [6.45, 7) is 3.60. The molecule has 0 amide bonds. The molecule has 20 heavy (non-hydrogen) atoms. The van der Waals surface area contributed by atoms with E-state index >= 15 is 0 Å². The highest BCUT2D eigenvalue weighted by molar-refractivity contribution is 6.16. The standard InChI is InChI=1S/C15H11F3O2/c1-9(14(19)20-2)10-3-4-12-8-13(15(16,17)18)6-5-11(12)7-10/h3-8H,1H2,2H3. The minimum atomic E-state index is -4.37. The lowest BCUT2D eigenvalue weighted by atomic mass is 10.0. The van der Waals surface area contributed by atoms with Gasteiger partial charge in [0.1, 0.15) is 0 Å². The summed E-state index contributed by atoms with van der Waals surface area (Å²) in [6.07, 6.45) is -4.37. The summed E-state index contributed by atoms with van der Waals surface area (Å²) in [6, 6.07) is 8.11. The van der Waals surface area contributed by atoms with Crippen LogP contribution in [-0.2, 0) is 15.7 Å². The molecule has 0 saturated carbocycles. The van der Waals surface area contributed by atoms with Crippen LogP contribution in [0.15, 0.2) is 43.0 Å². The third-order valence-corrected chi connectivity index (χ3v) is 2.95. The largest absolute Gasteiger partial charge is 0.465 e. The van der Waals surface area contributed by atoms with Gasteiger partial charge in [-0.15, -0.1) is 0 Å². The van der Waals surface area contributed by atoms with Crippen LogP contribution >= 0.6 is 0 Å². The molecule has 0 aromatic heterocycles. The summed E-state index contributed by atoms with van der Waals surface area (Å²) in [5, 5.41) is 1.04. The fraction of sp³-hybridized carbons (Fsp3) is 0.133. The van der Waals surface area contributed by atoms with Gasteiger partial charge in [-0.3, -0.25) is 0 Å². The van der Waals surface area contributed by atoms with E-state index < -0.39 is 17.7 Å². The first kappa shape index (κ1) is 14.1. The Balaban J connectivity index is 2.47. The maximum absolute atomic E-state index is 12.6. The van der Waals surface area contributed by atoms with Crippen molar-refractivity contribution in [3.05, 3.63) is 54.1 Å². The van der Waals surface area contributed by atoms with Gasteiger partial charge in [-0.25, -0.2) is 4.79 Å². The Morgan fingerprint density at radius 1 is 1.10 bits per heavy atom. The van der Waals surface area contributed by atoms with Gasteiger partial charge in [-0.1, -0.05) is 24.8 Å². The Kier molecular flexibility index (Phi) is 3.53. The summed E-state index contributed by atoms with van der Waals surface area (Å²) in [4.78, 5) is 11.4. The Bertz CT molecular complexity index is 687. The molecule has 2 aromatic rings. The summed E-state index contributed by atoms with van der Waals surface area (Å²) < 4.78 is 42.4. The van der Waals surface area contributed by atoms with Gasteiger partial charge in [-0.05, 0) is 34.5 Å². The third-order valence-electron chi connectivity index (χ3n) is 2.95. The van der Waals surface area contributed by atoms with Crippen LogP contribution in [0.4, 0.5) is 13.2 Å². The van der Waals surface area contributed by atoms with Crippen LogP contribution in [0, 0.1) is 0 Å². The second kappa shape index (κ2) is 5.00. The first-order valence-corrected chi connectivity index (χ1v) is 5.71. The molecule has 2 rings (SSSR count). The highest BCUT2D eigenvalue weighted by Crippen LogP contribution is 2.32. The van der Waals surface area contributed by atoms with Crippen LogP contribution in [0.2, 0.25) is 0 Å². The smallest absolute Gasteiger partial charge is 0.416 e. The number of benzene rings is 2. The Hall–Kier alpha value is -2.30. The highest BCUT2D eigenvalue weighted by Gasteiger charge is 2.30. The maximum atomic E-state index is 12.6. The van der Waals surface area contributed by atoms with E-state index in [-0.39, 0.29) is 5.57 Å². The number of carbonyl (C=O) groups is 1. The molecule has 2 aromatic carbocycles. The highest BCUT2D eigenvalue weighted by atomic mass is 19.4. The fourth-order valence-electron chi connectivity index (χ4n) is 1.85. The van der Waals surface area contributed by atoms with Crippen molar-refractivity contribution in [2.24, 2.45) is 0 Å². The molecule has 0 heterocycles. The predicted molar refractivity (Wildman–Crippen MR) is 70.0 cm³/mol. The summed E-state index contributed by atoms with van der Waals surface area (Å²) in [7, 11) is 1.24. The predicted octanol–water partition coefficient (Wildman–Crippen LogP) is 4.04. The number of alkyl halides is 3. The molecule has 0 aliphatic heterocycles. The van der Waals surface area contributed by atoms with E-state index in [0.29, 0.717) is 16.3 Å². The SMILES string of the molecule is C=C(C(=O)OC)c1ccc2cc(C(F)(F)F)ccc2c1. The lowest BCUT2D eigenvalue weighted by molar-refractivity contribution is -0.137. The van der Waals surface area contributed by atoms with Gasteiger partial charge < -0.3 is 4.74 Å². The van der Waals surface area contributed by atoms with E-state index in [2.05, 4.69) is 11.3 Å². The molecule has 0 atom stereocenters. The zero-order valence-corrected chi connectivity index (χ0v) is 10.6. The molecule has 0 aliphatic carbocycles. The van der Waals surface area contributed by atoms with Crippen molar-refractivity contribution in [3.8, 4) is 0 Å². The average molecular weight is 280 g/mol. The molecule has 104 valence electrons. The second-order valence-corrected chi connectivity index (χ2v) is 4.24. The Morgan fingerprint density at radius 3 is 2.30 bits per heavy atom. The number of rotatable bonds is 2. The zero-order chi connectivity index (χ0) is 14.9. The number of hydrogen-bond donors (Lipinski definition) is 0. The minimum absolute atomic E-state index is 0.161. The molecule has 0 radical (unpaired) electrons. The quantitative estimate of drug-likeness (QED) is 0.613. The summed E-state index contributed by atoms with van der Waals surface area (Å²) in [5.41, 5.74) is -0.0250. The number of esters is 1. The summed E-state index contributed by atoms with van der Waals surface area (Å²) in [5.74, 6) is -0.573. The first-order valence-electron chi connectivity index (χ1n) is 5.71. The van der Waals surface area contributed by atoms with Crippen molar-refractivity contribution in [3.63, 3.8) is 0 Å². The number of ether oxygens (including phenoxy) is 1. The summed E-state index contributed by atoms with van der Waals surface area (Å²) >= 11 is 0. The molecule has 0 unspecified atom stereocenters. The number of hydrogen-bond acceptors (Lipinski definition) is 2. The van der Waals surface area contributed by atoms with E-state index in [0.717, 1.165) is 12.1 Å². The van der Waals surface area contributed by atoms with E-state index in [9.17, 15) is 18.0 Å². The lowest BCUT2D eigenvalue weighted by Crippen LogP contribution is -2.04. The van der Waals surface area contributed by atoms with Gasteiger partial charge >= 0.3 is 12.1 Å². The molecule has 5 heteroatoms. The van der Waals surface area contributed by atoms with Crippen molar-refractivity contribution >= 4 is 22.3 Å². The topological polar surface area (TPSA) is 26.3 Å². The van der Waals surface area contributed by atoms with Gasteiger partial charge in [0.2, 0.25) is 0 Å². The van der Waals surface area contributed by atoms with Crippen molar-refractivity contribution in [2.45, 2.75) is 6.18 Å². The van der Waals surface area contributed by atoms with Crippen molar-refractivity contribution in [2.75, 3.05) is 7.11 Å². The van der Waals surface area contributed by atoms with Gasteiger partial charge in [-0.2, -0.15) is 13.2 Å². The van der Waals surface area contributed by atoms with Crippen LogP contribution in [0.5, 0.6) is 0 Å². The number of methoxy groups -OCH3 is 1. The average Bonchev–Trinajstić information content (AvgIpc) is 2.43. The molecule has 0 spiro atoms. The Morgan fingerprint density at radius 2 is 1.70 bits per heavy atom. The molecule has 0 aliphatic rings. The molecule has 2 nitrogen and oxygen atoms in total. The van der Waals surface area contributed by atoms with E-state index in [1.165, 1.54) is 19.2 Å². The van der Waals surface area contributed by atoms with Crippen LogP contribution in [0.1, 0.15) is 11.1 Å². The number of carbonyl (C=O) groups excluding carboxylic acids is 1. The fourth-order valence-corrected chi connectivity index (χ4v) is 1.85. The van der Waals surface area contributed by atoms with Crippen molar-refractivity contribution in [1.82, 2.24) is 0 Å². The number of halogens is 3.